The van der Waals surface area contributed by atoms with E-state index in [1.165, 1.54) is 17.0 Å². The first-order valence-corrected chi connectivity index (χ1v) is 17.6. The summed E-state index contributed by atoms with van der Waals surface area (Å²) in [4.78, 5) is 25.1. The van der Waals surface area contributed by atoms with Crippen LogP contribution < -0.4 is 10.1 Å². The minimum atomic E-state index is -3.11. The lowest BCUT2D eigenvalue weighted by molar-refractivity contribution is -0.123. The predicted octanol–water partition coefficient (Wildman–Crippen LogP) is 5.55. The van der Waals surface area contributed by atoms with Gasteiger partial charge in [0.2, 0.25) is 11.8 Å². The number of carbonyl (C=O) groups excluding carboxylic acids is 1. The Hall–Kier alpha value is -4.38. The van der Waals surface area contributed by atoms with Crippen LogP contribution in [0.4, 0.5) is 0 Å². The summed E-state index contributed by atoms with van der Waals surface area (Å²) in [5.41, 5.74) is 3.68. The van der Waals surface area contributed by atoms with E-state index in [1.807, 2.05) is 60.7 Å². The number of nitrogens with zero attached hydrogens (tertiary/aromatic N) is 2. The molecule has 2 N–H and O–H groups in total. The van der Waals surface area contributed by atoms with Crippen LogP contribution in [-0.2, 0) is 39.1 Å². The van der Waals surface area contributed by atoms with E-state index in [4.69, 9.17) is 9.47 Å². The van der Waals surface area contributed by atoms with Crippen molar-refractivity contribution in [3.8, 4) is 5.88 Å². The third kappa shape index (κ3) is 8.45. The van der Waals surface area contributed by atoms with Crippen molar-refractivity contribution in [3.63, 3.8) is 0 Å². The molecule has 0 saturated heterocycles. The highest BCUT2D eigenvalue weighted by Crippen LogP contribution is 2.33. The number of ether oxygens (including phenoxy) is 2. The van der Waals surface area contributed by atoms with Gasteiger partial charge in [-0.05, 0) is 54.4 Å². The van der Waals surface area contributed by atoms with Crippen molar-refractivity contribution in [2.24, 2.45) is 5.92 Å². The van der Waals surface area contributed by atoms with E-state index in [9.17, 15) is 23.1 Å². The highest BCUT2D eigenvalue weighted by Gasteiger charge is 2.30. The molecule has 11 heteroatoms. The average molecular weight is 648 g/mol. The second kappa shape index (κ2) is 14.8. The van der Waals surface area contributed by atoms with E-state index < -0.39 is 15.8 Å². The number of aromatic carboxylic acids is 1. The van der Waals surface area contributed by atoms with Crippen LogP contribution in [0.25, 0.3) is 5.57 Å². The lowest BCUT2D eigenvalue weighted by atomic mass is 9.83. The van der Waals surface area contributed by atoms with Crippen molar-refractivity contribution in [1.82, 2.24) is 15.1 Å². The number of carbonyl (C=O) groups is 2. The summed E-state index contributed by atoms with van der Waals surface area (Å²) in [5.74, 6) is -0.776. The van der Waals surface area contributed by atoms with Crippen LogP contribution in [0.1, 0.15) is 72.1 Å². The number of carboxylic acids is 1. The molecule has 46 heavy (non-hydrogen) atoms. The quantitative estimate of drug-likeness (QED) is 0.231. The highest BCUT2D eigenvalue weighted by molar-refractivity contribution is 7.91. The van der Waals surface area contributed by atoms with E-state index in [0.29, 0.717) is 31.6 Å². The van der Waals surface area contributed by atoms with Crippen molar-refractivity contribution in [2.75, 3.05) is 6.26 Å². The SMILES string of the molecule is C=C(OCc1ccccc1)[C@H]1CCCC[C@@H]1NC(=O)Cn1nc(C(=O)O)cc1OCc1ccccc1C1=CCC(S(C)(=O)=O)CC1. The standard InChI is InChI=1S/C35H41N3O7S/c1-24(44-22-25-10-4-3-5-11-25)29-13-8-9-15-31(29)36-33(39)21-38-34(20-32(37-38)35(40)41)45-23-27-12-6-7-14-30(27)26-16-18-28(19-17-26)46(2,42)43/h3-7,10-12,14,16,20,28-29,31H,1,8-9,13,15,17-19,21-23H2,2H3,(H,36,39)(H,40,41)/t28?,29-,31+/m1/s1. The molecule has 1 fully saturated rings. The van der Waals surface area contributed by atoms with Crippen LogP contribution in [0.15, 0.2) is 79.1 Å². The molecule has 1 aromatic heterocycles. The normalized spacial score (nSPS) is 19.9. The van der Waals surface area contributed by atoms with Gasteiger partial charge in [0.05, 0.1) is 11.0 Å². The van der Waals surface area contributed by atoms with E-state index in [2.05, 4.69) is 17.0 Å². The molecule has 0 spiro atoms. The molecule has 3 atom stereocenters. The second-order valence-corrected chi connectivity index (χ2v) is 14.4. The first-order valence-electron chi connectivity index (χ1n) is 15.6. The fourth-order valence-electron chi connectivity index (χ4n) is 6.22. The van der Waals surface area contributed by atoms with E-state index in [0.717, 1.165) is 47.9 Å². The molecule has 10 nitrogen and oxygen atoms in total. The summed E-state index contributed by atoms with van der Waals surface area (Å²) in [7, 11) is -3.11. The second-order valence-electron chi connectivity index (χ2n) is 12.0. The Labute approximate surface area is 270 Å². The molecule has 2 aliphatic carbocycles. The number of nitrogens with one attached hydrogen (secondary N) is 1. The predicted molar refractivity (Wildman–Crippen MR) is 175 cm³/mol. The van der Waals surface area contributed by atoms with Gasteiger partial charge in [-0.15, -0.1) is 0 Å². The van der Waals surface area contributed by atoms with Crippen molar-refractivity contribution in [2.45, 2.75) is 76.0 Å². The molecule has 0 radical (unpaired) electrons. The number of rotatable bonds is 13. The largest absolute Gasteiger partial charge is 0.494 e. The maximum Gasteiger partial charge on any atom is 0.356 e. The van der Waals surface area contributed by atoms with Crippen molar-refractivity contribution in [1.29, 1.82) is 0 Å². The average Bonchev–Trinajstić information content (AvgIpc) is 3.45. The van der Waals surface area contributed by atoms with Crippen LogP contribution in [0, 0.1) is 5.92 Å². The maximum absolute atomic E-state index is 13.3. The number of amides is 1. The summed E-state index contributed by atoms with van der Waals surface area (Å²) in [6.45, 7) is 4.47. The fraction of sp³-hybridized carbons (Fsp3) is 0.400. The lowest BCUT2D eigenvalue weighted by Gasteiger charge is -2.33. The molecule has 0 bridgehead atoms. The minimum Gasteiger partial charge on any atom is -0.494 e. The Balaban J connectivity index is 1.24. The Morgan fingerprint density at radius 2 is 1.78 bits per heavy atom. The van der Waals surface area contributed by atoms with Gasteiger partial charge in [0, 0.05) is 24.3 Å². The van der Waals surface area contributed by atoms with Gasteiger partial charge in [0.15, 0.2) is 15.5 Å². The summed E-state index contributed by atoms with van der Waals surface area (Å²) in [5, 5.41) is 16.5. The van der Waals surface area contributed by atoms with Gasteiger partial charge in [0.1, 0.15) is 19.8 Å². The van der Waals surface area contributed by atoms with Crippen LogP contribution in [-0.4, -0.2) is 52.7 Å². The summed E-state index contributed by atoms with van der Waals surface area (Å²) in [6, 6.07) is 18.7. The number of carboxylic acid groups (broad SMARTS) is 1. The third-order valence-corrected chi connectivity index (χ3v) is 10.4. The molecule has 2 aliphatic rings. The summed E-state index contributed by atoms with van der Waals surface area (Å²) < 4.78 is 37.4. The van der Waals surface area contributed by atoms with Crippen molar-refractivity contribution >= 4 is 27.3 Å². The summed E-state index contributed by atoms with van der Waals surface area (Å²) in [6.07, 6.45) is 8.51. The molecule has 1 unspecified atom stereocenters. The molecule has 1 heterocycles. The van der Waals surface area contributed by atoms with Crippen LogP contribution in [0.2, 0.25) is 0 Å². The van der Waals surface area contributed by atoms with Crippen molar-refractivity contribution < 1.29 is 32.6 Å². The van der Waals surface area contributed by atoms with Crippen molar-refractivity contribution in [3.05, 3.63) is 101 Å². The first-order chi connectivity index (χ1) is 22.1. The molecule has 1 saturated carbocycles. The van der Waals surface area contributed by atoms with Gasteiger partial charge < -0.3 is 19.9 Å². The zero-order valence-corrected chi connectivity index (χ0v) is 26.9. The topological polar surface area (TPSA) is 137 Å². The summed E-state index contributed by atoms with van der Waals surface area (Å²) >= 11 is 0. The molecule has 1 amide bonds. The molecule has 2 aromatic carbocycles. The zero-order chi connectivity index (χ0) is 32.7. The molecule has 244 valence electrons. The van der Waals surface area contributed by atoms with Gasteiger partial charge in [-0.3, -0.25) is 4.79 Å². The van der Waals surface area contributed by atoms with Crippen LogP contribution in [0.5, 0.6) is 5.88 Å². The Morgan fingerprint density at radius 1 is 1.04 bits per heavy atom. The molecular formula is C35H41N3O7S. The van der Waals surface area contributed by atoms with E-state index in [1.54, 1.807) is 0 Å². The van der Waals surface area contributed by atoms with Gasteiger partial charge in [-0.2, -0.15) is 5.10 Å². The number of benzene rings is 2. The zero-order valence-electron chi connectivity index (χ0n) is 26.1. The number of hydrogen-bond acceptors (Lipinski definition) is 7. The number of aromatic nitrogens is 2. The van der Waals surface area contributed by atoms with Gasteiger partial charge in [-0.25, -0.2) is 17.9 Å². The van der Waals surface area contributed by atoms with Gasteiger partial charge >= 0.3 is 5.97 Å². The minimum absolute atomic E-state index is 0.0392. The van der Waals surface area contributed by atoms with E-state index in [-0.39, 0.29) is 47.8 Å². The smallest absolute Gasteiger partial charge is 0.356 e. The molecule has 3 aromatic rings. The number of allylic oxidation sites excluding steroid dienone is 2. The Bertz CT molecular complexity index is 1700. The van der Waals surface area contributed by atoms with Crippen LogP contribution in [0.3, 0.4) is 0 Å². The maximum atomic E-state index is 13.3. The fourth-order valence-corrected chi connectivity index (χ4v) is 7.21. The Morgan fingerprint density at radius 3 is 2.50 bits per heavy atom. The van der Waals surface area contributed by atoms with Gasteiger partial charge in [-0.1, -0.05) is 80.1 Å². The molecular weight excluding hydrogens is 606 g/mol. The van der Waals surface area contributed by atoms with E-state index >= 15 is 0 Å². The first kappa shape index (κ1) is 33.0. The van der Waals surface area contributed by atoms with Gasteiger partial charge in [0.25, 0.3) is 0 Å². The molecule has 0 aliphatic heterocycles. The monoisotopic (exact) mass is 647 g/mol. The highest BCUT2D eigenvalue weighted by atomic mass is 32.2. The third-order valence-electron chi connectivity index (χ3n) is 8.76. The number of sulfone groups is 1. The van der Waals surface area contributed by atoms with Crippen LogP contribution >= 0.6 is 0 Å². The molecule has 5 rings (SSSR count). The Kier molecular flexibility index (Phi) is 10.6. The number of hydrogen-bond donors (Lipinski definition) is 2. The lowest BCUT2D eigenvalue weighted by Crippen LogP contribution is -2.44.